The Morgan fingerprint density at radius 3 is 2.79 bits per heavy atom. The summed E-state index contributed by atoms with van der Waals surface area (Å²) in [6.07, 6.45) is 0.487. The van der Waals surface area contributed by atoms with Gasteiger partial charge in [-0.1, -0.05) is 12.1 Å². The maximum absolute atomic E-state index is 12.1. The molecule has 1 atom stereocenters. The van der Waals surface area contributed by atoms with Crippen molar-refractivity contribution in [3.05, 3.63) is 50.5 Å². The summed E-state index contributed by atoms with van der Waals surface area (Å²) in [6, 6.07) is 7.64. The number of nitrogens with zero attached hydrogens (tertiary/aromatic N) is 2. The Bertz CT molecular complexity index is 899. The van der Waals surface area contributed by atoms with Crippen molar-refractivity contribution in [2.45, 2.75) is 19.4 Å². The minimum absolute atomic E-state index is 0.0667. The molecule has 1 aromatic carbocycles. The van der Waals surface area contributed by atoms with E-state index in [1.165, 1.54) is 4.57 Å². The van der Waals surface area contributed by atoms with Crippen LogP contribution < -0.4 is 15.7 Å². The van der Waals surface area contributed by atoms with E-state index < -0.39 is 5.56 Å². The van der Waals surface area contributed by atoms with Crippen LogP contribution in [-0.4, -0.2) is 27.0 Å². The highest BCUT2D eigenvalue weighted by Gasteiger charge is 2.26. The van der Waals surface area contributed by atoms with Gasteiger partial charge in [0.1, 0.15) is 11.3 Å². The number of hydrazone groups is 1. The number of aromatic nitrogens is 2. The third kappa shape index (κ3) is 2.92. The van der Waals surface area contributed by atoms with Crippen LogP contribution in [0.25, 0.3) is 0 Å². The topological polar surface area (TPSA) is 91.6 Å². The van der Waals surface area contributed by atoms with E-state index in [1.54, 1.807) is 7.05 Å². The number of aromatic hydroxyl groups is 1. The van der Waals surface area contributed by atoms with Crippen LogP contribution in [0.5, 0.6) is 11.6 Å². The average Bonchev–Trinajstić information content (AvgIpc) is 3.03. The van der Waals surface area contributed by atoms with Gasteiger partial charge in [-0.15, -0.1) is 0 Å². The molecule has 1 aromatic heterocycles. The van der Waals surface area contributed by atoms with Crippen molar-refractivity contribution in [2.24, 2.45) is 12.1 Å². The molecule has 0 spiro atoms. The maximum atomic E-state index is 12.1. The van der Waals surface area contributed by atoms with E-state index in [9.17, 15) is 9.90 Å². The highest BCUT2D eigenvalue weighted by molar-refractivity contribution is 7.71. The molecule has 7 nitrogen and oxygen atoms in total. The summed E-state index contributed by atoms with van der Waals surface area (Å²) in [4.78, 5) is 14.7. The summed E-state index contributed by atoms with van der Waals surface area (Å²) < 4.78 is 6.94. The molecule has 0 bridgehead atoms. The summed E-state index contributed by atoms with van der Waals surface area (Å²) in [5, 5.41) is 14.4. The predicted octanol–water partition coefficient (Wildman–Crippen LogP) is 1.99. The van der Waals surface area contributed by atoms with Gasteiger partial charge in [0.25, 0.3) is 5.56 Å². The van der Waals surface area contributed by atoms with Gasteiger partial charge in [0.2, 0.25) is 5.88 Å². The molecule has 2 heterocycles. The van der Waals surface area contributed by atoms with E-state index in [2.05, 4.69) is 15.5 Å². The van der Waals surface area contributed by atoms with Gasteiger partial charge in [0.05, 0.1) is 18.4 Å². The molecule has 0 saturated carbocycles. The first kappa shape index (κ1) is 16.3. The number of ether oxygens (including phenoxy) is 1. The van der Waals surface area contributed by atoms with Gasteiger partial charge in [-0.25, -0.2) is 0 Å². The van der Waals surface area contributed by atoms with Gasteiger partial charge in [0.15, 0.2) is 4.77 Å². The highest BCUT2D eigenvalue weighted by atomic mass is 32.1. The van der Waals surface area contributed by atoms with Crippen LogP contribution in [-0.2, 0) is 7.05 Å². The number of benzene rings is 1. The zero-order valence-electron chi connectivity index (χ0n) is 13.4. The number of hydrogen-bond acceptors (Lipinski definition) is 6. The summed E-state index contributed by atoms with van der Waals surface area (Å²) in [5.74, 6) is 0.624. The lowest BCUT2D eigenvalue weighted by Crippen LogP contribution is -2.21. The minimum Gasteiger partial charge on any atom is -0.494 e. The van der Waals surface area contributed by atoms with Gasteiger partial charge in [0, 0.05) is 13.5 Å². The van der Waals surface area contributed by atoms with Gasteiger partial charge >= 0.3 is 0 Å². The summed E-state index contributed by atoms with van der Waals surface area (Å²) in [6.45, 7) is 2.55. The van der Waals surface area contributed by atoms with Crippen LogP contribution in [0.1, 0.15) is 30.5 Å². The second-order valence-corrected chi connectivity index (χ2v) is 5.85. The summed E-state index contributed by atoms with van der Waals surface area (Å²) in [7, 11) is 1.59. The molecular formula is C16H18N4O3S. The van der Waals surface area contributed by atoms with Crippen LogP contribution in [0.4, 0.5) is 0 Å². The molecule has 2 aromatic rings. The Balaban J connectivity index is 1.84. The zero-order valence-corrected chi connectivity index (χ0v) is 14.2. The summed E-state index contributed by atoms with van der Waals surface area (Å²) >= 11 is 4.98. The molecule has 0 unspecified atom stereocenters. The molecule has 0 saturated heterocycles. The number of hydrogen-bond donors (Lipinski definition) is 3. The lowest BCUT2D eigenvalue weighted by molar-refractivity contribution is 0.340. The van der Waals surface area contributed by atoms with Gasteiger partial charge in [-0.05, 0) is 36.8 Å². The summed E-state index contributed by atoms with van der Waals surface area (Å²) in [5.41, 5.74) is 4.24. The lowest BCUT2D eigenvalue weighted by Gasteiger charge is -2.11. The van der Waals surface area contributed by atoms with Crippen molar-refractivity contribution >= 4 is 17.9 Å². The standard InChI is InChI=1S/C16H18N4O3S/c1-3-23-10-6-4-9(5-7-10)11-8-12(19-18-11)13-14(21)17-16(24)20(2)15(13)22/h4-7,11,18,22H,3,8H2,1-2H3,(H,17,21,24)/t11-/m0/s1. The molecule has 126 valence electrons. The van der Waals surface area contributed by atoms with Crippen molar-refractivity contribution in [3.63, 3.8) is 0 Å². The van der Waals surface area contributed by atoms with Gasteiger partial charge in [-0.3, -0.25) is 14.3 Å². The SMILES string of the molecule is CCOc1ccc([C@@H]2CC(c3c(O)n(C)c(=S)[nH]c3=O)=NN2)cc1. The van der Waals surface area contributed by atoms with Gasteiger partial charge < -0.3 is 15.3 Å². The Labute approximate surface area is 143 Å². The molecule has 8 heteroatoms. The van der Waals surface area contributed by atoms with Crippen LogP contribution in [0.2, 0.25) is 0 Å². The van der Waals surface area contributed by atoms with Crippen molar-refractivity contribution < 1.29 is 9.84 Å². The van der Waals surface area contributed by atoms with E-state index in [-0.39, 0.29) is 22.3 Å². The van der Waals surface area contributed by atoms with Crippen molar-refractivity contribution in [1.82, 2.24) is 15.0 Å². The van der Waals surface area contributed by atoms with Crippen molar-refractivity contribution in [3.8, 4) is 11.6 Å². The number of H-pyrrole nitrogens is 1. The molecule has 1 aliphatic heterocycles. The fourth-order valence-corrected chi connectivity index (χ4v) is 2.80. The molecule has 0 radical (unpaired) electrons. The number of rotatable bonds is 4. The molecule has 24 heavy (non-hydrogen) atoms. The lowest BCUT2D eigenvalue weighted by atomic mass is 10.00. The molecule has 3 N–H and O–H groups in total. The van der Waals surface area contributed by atoms with Crippen LogP contribution in [0, 0.1) is 4.77 Å². The van der Waals surface area contributed by atoms with Gasteiger partial charge in [-0.2, -0.15) is 5.10 Å². The fraction of sp³-hybridized carbons (Fsp3) is 0.312. The zero-order chi connectivity index (χ0) is 17.3. The second-order valence-electron chi connectivity index (χ2n) is 5.46. The smallest absolute Gasteiger partial charge is 0.264 e. The van der Waals surface area contributed by atoms with E-state index in [0.29, 0.717) is 18.7 Å². The Morgan fingerprint density at radius 2 is 2.12 bits per heavy atom. The molecule has 3 rings (SSSR count). The van der Waals surface area contributed by atoms with E-state index in [4.69, 9.17) is 17.0 Å². The van der Waals surface area contributed by atoms with E-state index >= 15 is 0 Å². The fourth-order valence-electron chi connectivity index (χ4n) is 2.62. The van der Waals surface area contributed by atoms with Crippen LogP contribution in [0.3, 0.4) is 0 Å². The molecule has 1 aliphatic rings. The first-order valence-electron chi connectivity index (χ1n) is 7.58. The monoisotopic (exact) mass is 346 g/mol. The predicted molar refractivity (Wildman–Crippen MR) is 93.2 cm³/mol. The molecule has 0 amide bonds. The normalized spacial score (nSPS) is 16.6. The second kappa shape index (κ2) is 6.48. The Hall–Kier alpha value is -2.61. The number of aromatic amines is 1. The van der Waals surface area contributed by atoms with Crippen LogP contribution >= 0.6 is 12.2 Å². The van der Waals surface area contributed by atoms with E-state index in [1.807, 2.05) is 31.2 Å². The average molecular weight is 346 g/mol. The molecular weight excluding hydrogens is 328 g/mol. The number of nitrogens with one attached hydrogen (secondary N) is 2. The van der Waals surface area contributed by atoms with Crippen LogP contribution in [0.15, 0.2) is 34.2 Å². The quantitative estimate of drug-likeness (QED) is 0.737. The van der Waals surface area contributed by atoms with Crippen molar-refractivity contribution in [2.75, 3.05) is 6.61 Å². The third-order valence-electron chi connectivity index (χ3n) is 3.93. The molecule has 0 fully saturated rings. The maximum Gasteiger partial charge on any atom is 0.264 e. The first-order valence-corrected chi connectivity index (χ1v) is 7.99. The third-order valence-corrected chi connectivity index (χ3v) is 4.30. The van der Waals surface area contributed by atoms with E-state index in [0.717, 1.165) is 11.3 Å². The Morgan fingerprint density at radius 1 is 1.42 bits per heavy atom. The Kier molecular flexibility index (Phi) is 4.39. The highest BCUT2D eigenvalue weighted by Crippen LogP contribution is 2.27. The molecule has 0 aliphatic carbocycles. The largest absolute Gasteiger partial charge is 0.494 e. The first-order chi connectivity index (χ1) is 11.5. The van der Waals surface area contributed by atoms with Crippen molar-refractivity contribution in [1.29, 1.82) is 0 Å². The minimum atomic E-state index is -0.441.